The first-order valence-corrected chi connectivity index (χ1v) is 8.41. The van der Waals surface area contributed by atoms with Crippen molar-refractivity contribution in [3.63, 3.8) is 0 Å². The van der Waals surface area contributed by atoms with Crippen molar-refractivity contribution >= 4 is 23.7 Å². The summed E-state index contributed by atoms with van der Waals surface area (Å²) in [4.78, 5) is 49.5. The van der Waals surface area contributed by atoms with Gasteiger partial charge in [0.2, 0.25) is 0 Å². The molecule has 2 atom stereocenters. The Labute approximate surface area is 142 Å². The number of amides is 3. The summed E-state index contributed by atoms with van der Waals surface area (Å²) in [6, 6.07) is -0.562. The van der Waals surface area contributed by atoms with Crippen LogP contribution in [0.15, 0.2) is 0 Å². The molecule has 2 aliphatic rings. The summed E-state index contributed by atoms with van der Waals surface area (Å²) in [5.41, 5.74) is -1.50. The first kappa shape index (κ1) is 18.4. The Morgan fingerprint density at radius 2 is 1.96 bits per heavy atom. The predicted molar refractivity (Wildman–Crippen MR) is 86.0 cm³/mol. The van der Waals surface area contributed by atoms with E-state index in [2.05, 4.69) is 5.32 Å². The molecule has 0 aromatic carbocycles. The molecule has 3 amide bonds. The summed E-state index contributed by atoms with van der Waals surface area (Å²) in [7, 11) is 0. The second-order valence-electron chi connectivity index (χ2n) is 7.77. The zero-order valence-electron chi connectivity index (χ0n) is 14.8. The molecule has 24 heavy (non-hydrogen) atoms. The molecule has 7 nitrogen and oxygen atoms in total. The zero-order chi connectivity index (χ0) is 18.1. The van der Waals surface area contributed by atoms with Gasteiger partial charge in [0.1, 0.15) is 12.1 Å². The molecule has 1 aliphatic heterocycles. The van der Waals surface area contributed by atoms with E-state index in [1.807, 2.05) is 6.92 Å². The molecule has 1 heterocycles. The lowest BCUT2D eigenvalue weighted by atomic mass is 9.73. The largest absolute Gasteiger partial charge is 0.456 e. The van der Waals surface area contributed by atoms with Crippen molar-refractivity contribution in [1.29, 1.82) is 0 Å². The van der Waals surface area contributed by atoms with E-state index in [1.54, 1.807) is 20.8 Å². The van der Waals surface area contributed by atoms with Crippen molar-refractivity contribution in [2.75, 3.05) is 13.2 Å². The maximum atomic E-state index is 12.7. The first-order valence-electron chi connectivity index (χ1n) is 8.41. The minimum atomic E-state index is -0.892. The van der Waals surface area contributed by atoms with Crippen LogP contribution in [-0.4, -0.2) is 47.3 Å². The van der Waals surface area contributed by atoms with Crippen LogP contribution in [0.2, 0.25) is 0 Å². The Hall–Kier alpha value is -1.92. The third kappa shape index (κ3) is 3.44. The van der Waals surface area contributed by atoms with Gasteiger partial charge in [-0.3, -0.25) is 19.3 Å². The van der Waals surface area contributed by atoms with Gasteiger partial charge in [0.05, 0.1) is 0 Å². The maximum absolute atomic E-state index is 12.7. The summed E-state index contributed by atoms with van der Waals surface area (Å²) in [6.45, 7) is 6.32. The van der Waals surface area contributed by atoms with Gasteiger partial charge in [0, 0.05) is 5.41 Å². The van der Waals surface area contributed by atoms with E-state index in [9.17, 15) is 19.2 Å². The van der Waals surface area contributed by atoms with Gasteiger partial charge in [-0.15, -0.1) is 0 Å². The number of imide groups is 1. The van der Waals surface area contributed by atoms with Crippen LogP contribution in [0.25, 0.3) is 0 Å². The van der Waals surface area contributed by atoms with Crippen molar-refractivity contribution in [3.05, 3.63) is 0 Å². The van der Waals surface area contributed by atoms with Crippen molar-refractivity contribution in [3.8, 4) is 0 Å². The second kappa shape index (κ2) is 6.53. The molecule has 0 aromatic rings. The third-order valence-corrected chi connectivity index (χ3v) is 4.99. The zero-order valence-corrected chi connectivity index (χ0v) is 14.8. The fourth-order valence-electron chi connectivity index (χ4n) is 3.18. The number of carbonyl (C=O) groups is 4. The van der Waals surface area contributed by atoms with Crippen LogP contribution in [0, 0.1) is 11.3 Å². The molecule has 1 spiro atoms. The molecule has 134 valence electrons. The molecule has 0 radical (unpaired) electrons. The number of ether oxygens (including phenoxy) is 1. The lowest BCUT2D eigenvalue weighted by molar-refractivity contribution is -0.152. The molecular formula is C17H26N2O5. The highest BCUT2D eigenvalue weighted by Gasteiger charge is 2.55. The number of ketones is 1. The average Bonchev–Trinajstić information content (AvgIpc) is 2.72. The molecule has 2 fully saturated rings. The highest BCUT2D eigenvalue weighted by Crippen LogP contribution is 2.38. The molecule has 1 saturated heterocycles. The van der Waals surface area contributed by atoms with E-state index in [1.165, 1.54) is 0 Å². The van der Waals surface area contributed by atoms with Crippen molar-refractivity contribution < 1.29 is 23.9 Å². The van der Waals surface area contributed by atoms with Crippen molar-refractivity contribution in [2.45, 2.75) is 58.9 Å². The van der Waals surface area contributed by atoms with Crippen LogP contribution in [0.4, 0.5) is 4.79 Å². The fraction of sp³-hybridized carbons (Fsp3) is 0.765. The number of nitrogens with one attached hydrogen (secondary N) is 1. The lowest BCUT2D eigenvalue weighted by Gasteiger charge is -2.36. The minimum absolute atomic E-state index is 0.0335. The van der Waals surface area contributed by atoms with E-state index in [4.69, 9.17) is 4.74 Å². The fourth-order valence-corrected chi connectivity index (χ4v) is 3.18. The van der Waals surface area contributed by atoms with Crippen LogP contribution < -0.4 is 5.32 Å². The van der Waals surface area contributed by atoms with Crippen LogP contribution in [0.5, 0.6) is 0 Å². The lowest BCUT2D eigenvalue weighted by Crippen LogP contribution is -2.54. The van der Waals surface area contributed by atoms with Crippen LogP contribution in [0.3, 0.4) is 0 Å². The molecule has 0 bridgehead atoms. The molecule has 0 aromatic heterocycles. The van der Waals surface area contributed by atoms with Gasteiger partial charge in [-0.25, -0.2) is 4.79 Å². The van der Waals surface area contributed by atoms with E-state index >= 15 is 0 Å². The Kier molecular flexibility index (Phi) is 5.01. The van der Waals surface area contributed by atoms with Gasteiger partial charge in [0.25, 0.3) is 5.91 Å². The van der Waals surface area contributed by atoms with Crippen molar-refractivity contribution in [2.24, 2.45) is 11.3 Å². The van der Waals surface area contributed by atoms with Gasteiger partial charge in [-0.1, -0.05) is 40.5 Å². The summed E-state index contributed by atoms with van der Waals surface area (Å²) in [5.74, 6) is -1.30. The SMILES string of the molecule is C[C@@H]1CCCC[C@@]12NC(=O)N(CC(=O)OCC(=O)C(C)(C)C)C2=O. The quantitative estimate of drug-likeness (QED) is 0.621. The number of hydrogen-bond acceptors (Lipinski definition) is 5. The first-order chi connectivity index (χ1) is 11.1. The smallest absolute Gasteiger partial charge is 0.326 e. The number of rotatable bonds is 4. The molecular weight excluding hydrogens is 312 g/mol. The Bertz CT molecular complexity index is 566. The number of urea groups is 1. The number of Topliss-reactive ketones (excluding diaryl/α,β-unsaturated/α-hetero) is 1. The summed E-state index contributed by atoms with van der Waals surface area (Å²) < 4.78 is 4.93. The predicted octanol–water partition coefficient (Wildman–Crippen LogP) is 1.65. The minimum Gasteiger partial charge on any atom is -0.456 e. The van der Waals surface area contributed by atoms with Gasteiger partial charge >= 0.3 is 12.0 Å². The van der Waals surface area contributed by atoms with E-state index in [0.717, 1.165) is 24.2 Å². The Morgan fingerprint density at radius 1 is 1.29 bits per heavy atom. The van der Waals surface area contributed by atoms with Gasteiger partial charge in [-0.2, -0.15) is 0 Å². The van der Waals surface area contributed by atoms with Crippen molar-refractivity contribution in [1.82, 2.24) is 10.2 Å². The maximum Gasteiger partial charge on any atom is 0.326 e. The van der Waals surface area contributed by atoms with Crippen LogP contribution >= 0.6 is 0 Å². The molecule has 0 unspecified atom stereocenters. The average molecular weight is 338 g/mol. The molecule has 1 saturated carbocycles. The van der Waals surface area contributed by atoms with E-state index < -0.39 is 29.5 Å². The number of carbonyl (C=O) groups excluding carboxylic acids is 4. The van der Waals surface area contributed by atoms with E-state index in [0.29, 0.717) is 6.42 Å². The Morgan fingerprint density at radius 3 is 2.54 bits per heavy atom. The van der Waals surface area contributed by atoms with Crippen LogP contribution in [-0.2, 0) is 19.1 Å². The summed E-state index contributed by atoms with van der Waals surface area (Å²) >= 11 is 0. The third-order valence-electron chi connectivity index (χ3n) is 4.99. The molecule has 2 rings (SSSR count). The second-order valence-corrected chi connectivity index (χ2v) is 7.77. The van der Waals surface area contributed by atoms with Gasteiger partial charge < -0.3 is 10.1 Å². The molecule has 1 N–H and O–H groups in total. The molecule has 1 aliphatic carbocycles. The Balaban J connectivity index is 1.97. The standard InChI is InChI=1S/C17H26N2O5/c1-11-7-5-6-8-17(11)14(22)19(15(23)18-17)9-13(21)24-10-12(20)16(2,3)4/h11H,5-10H2,1-4H3,(H,18,23)/t11-,17-/m1/s1. The topological polar surface area (TPSA) is 92.8 Å². The number of esters is 1. The highest BCUT2D eigenvalue weighted by atomic mass is 16.5. The highest BCUT2D eigenvalue weighted by molar-refractivity contribution is 6.09. The normalized spacial score (nSPS) is 27.3. The van der Waals surface area contributed by atoms with E-state index in [-0.39, 0.29) is 24.2 Å². The van der Waals surface area contributed by atoms with Gasteiger partial charge in [0.15, 0.2) is 12.4 Å². The summed E-state index contributed by atoms with van der Waals surface area (Å²) in [6.07, 6.45) is 3.36. The number of nitrogens with zero attached hydrogens (tertiary/aromatic N) is 1. The molecule has 7 heteroatoms. The van der Waals surface area contributed by atoms with Gasteiger partial charge in [-0.05, 0) is 18.8 Å². The monoisotopic (exact) mass is 338 g/mol. The number of hydrogen-bond donors (Lipinski definition) is 1. The summed E-state index contributed by atoms with van der Waals surface area (Å²) in [5, 5.41) is 2.78. The van der Waals surface area contributed by atoms with Crippen LogP contribution in [0.1, 0.15) is 53.4 Å².